The quantitative estimate of drug-likeness (QED) is 0.342. The summed E-state index contributed by atoms with van der Waals surface area (Å²) in [4.78, 5) is 54.0. The Hall–Kier alpha value is -4.92. The van der Waals surface area contributed by atoms with E-state index in [1.165, 1.54) is 16.4 Å². The fraction of sp³-hybridized carbons (Fsp3) is 0.143. The number of aromatic nitrogens is 2. The molecule has 0 saturated heterocycles. The van der Waals surface area contributed by atoms with Crippen LogP contribution in [0.3, 0.4) is 0 Å². The number of ether oxygens (including phenoxy) is 1. The van der Waals surface area contributed by atoms with Crippen LogP contribution < -0.4 is 26.6 Å². The minimum absolute atomic E-state index is 0.0309. The molecule has 0 spiro atoms. The van der Waals surface area contributed by atoms with Gasteiger partial charge in [-0.1, -0.05) is 60.7 Å². The number of Topliss-reactive ketones (excluding diaryl/α,β-unsaturated/α-hetero) is 1. The van der Waals surface area contributed by atoms with Gasteiger partial charge >= 0.3 is 5.69 Å². The maximum Gasteiger partial charge on any atom is 0.330 e. The lowest BCUT2D eigenvalue weighted by atomic mass is 10.1. The van der Waals surface area contributed by atoms with Crippen LogP contribution in [0.1, 0.15) is 28.4 Å². The van der Waals surface area contributed by atoms with Gasteiger partial charge in [0, 0.05) is 5.56 Å². The molecule has 0 unspecified atom stereocenters. The van der Waals surface area contributed by atoms with Crippen LogP contribution in [0.25, 0.3) is 0 Å². The number of carbonyl (C=O) groups excluding carboxylic acids is 2. The summed E-state index contributed by atoms with van der Waals surface area (Å²) < 4.78 is 6.87. The molecule has 3 aromatic carbocycles. The molecule has 0 radical (unpaired) electrons. The monoisotopic (exact) mass is 498 g/mol. The Labute approximate surface area is 212 Å². The summed E-state index contributed by atoms with van der Waals surface area (Å²) in [5.74, 6) is -0.375. The van der Waals surface area contributed by atoms with Crippen LogP contribution >= 0.6 is 0 Å². The molecule has 0 bridgehead atoms. The van der Waals surface area contributed by atoms with E-state index in [1.54, 1.807) is 24.3 Å². The highest BCUT2D eigenvalue weighted by molar-refractivity contribution is 5.96. The highest BCUT2D eigenvalue weighted by atomic mass is 16.5. The summed E-state index contributed by atoms with van der Waals surface area (Å²) in [5, 5.41) is 0. The van der Waals surface area contributed by atoms with Crippen molar-refractivity contribution in [2.24, 2.45) is 0 Å². The predicted molar refractivity (Wildman–Crippen MR) is 141 cm³/mol. The summed E-state index contributed by atoms with van der Waals surface area (Å²) >= 11 is 0. The molecule has 9 heteroatoms. The molecule has 1 heterocycles. The number of rotatable bonds is 9. The molecule has 0 fully saturated rings. The zero-order chi connectivity index (χ0) is 26.4. The number of aromatic amines is 1. The van der Waals surface area contributed by atoms with E-state index in [2.05, 4.69) is 4.98 Å². The zero-order valence-corrected chi connectivity index (χ0v) is 20.2. The number of nitrogen functional groups attached to an aromatic ring is 1. The molecular weight excluding hydrogens is 472 g/mol. The number of benzene rings is 3. The molecule has 1 amide bonds. The van der Waals surface area contributed by atoms with Crippen molar-refractivity contribution in [2.75, 3.05) is 17.2 Å². The lowest BCUT2D eigenvalue weighted by molar-refractivity contribution is -0.120. The van der Waals surface area contributed by atoms with Gasteiger partial charge in [-0.25, -0.2) is 4.79 Å². The van der Waals surface area contributed by atoms with Crippen LogP contribution in [0.15, 0.2) is 94.5 Å². The molecule has 0 atom stereocenters. The number of amides is 1. The van der Waals surface area contributed by atoms with Crippen molar-refractivity contribution in [1.82, 2.24) is 9.55 Å². The van der Waals surface area contributed by atoms with E-state index in [1.807, 2.05) is 60.7 Å². The highest BCUT2D eigenvalue weighted by Crippen LogP contribution is 2.21. The molecule has 4 rings (SSSR count). The summed E-state index contributed by atoms with van der Waals surface area (Å²) in [7, 11) is 0. The van der Waals surface area contributed by atoms with Gasteiger partial charge in [-0.15, -0.1) is 0 Å². The molecule has 0 aliphatic heterocycles. The topological polar surface area (TPSA) is 127 Å². The Morgan fingerprint density at radius 2 is 1.49 bits per heavy atom. The minimum Gasteiger partial charge on any atom is -0.484 e. The smallest absolute Gasteiger partial charge is 0.330 e. The van der Waals surface area contributed by atoms with E-state index in [0.29, 0.717) is 11.3 Å². The predicted octanol–water partition coefficient (Wildman–Crippen LogP) is 2.98. The van der Waals surface area contributed by atoms with Crippen LogP contribution in [0.4, 0.5) is 11.5 Å². The average Bonchev–Trinajstić information content (AvgIpc) is 2.90. The second-order valence-electron chi connectivity index (χ2n) is 8.40. The Morgan fingerprint density at radius 3 is 2.08 bits per heavy atom. The number of H-pyrrole nitrogens is 1. The highest BCUT2D eigenvalue weighted by Gasteiger charge is 2.25. The molecule has 1 aromatic heterocycles. The van der Waals surface area contributed by atoms with Gasteiger partial charge in [0.1, 0.15) is 11.6 Å². The minimum atomic E-state index is -0.776. The van der Waals surface area contributed by atoms with Gasteiger partial charge in [-0.05, 0) is 42.3 Å². The molecular formula is C28H26N4O5. The number of nitrogens with zero attached hydrogens (tertiary/aromatic N) is 2. The standard InChI is InChI=1S/C28H26N4O5/c1-19(33)22-12-14-23(15-13-22)37-18-24(34)31(16-20-8-4-2-5-9-20)25-26(29)32(28(36)30-27(25)35)17-21-10-6-3-7-11-21/h2-15H,16-18,29H2,1H3,(H,30,35,36). The van der Waals surface area contributed by atoms with Crippen molar-refractivity contribution in [3.63, 3.8) is 0 Å². The number of hydrogen-bond donors (Lipinski definition) is 2. The van der Waals surface area contributed by atoms with Crippen LogP contribution in [0.2, 0.25) is 0 Å². The van der Waals surface area contributed by atoms with Crippen LogP contribution in [-0.2, 0) is 17.9 Å². The third-order valence-electron chi connectivity index (χ3n) is 5.78. The second-order valence-corrected chi connectivity index (χ2v) is 8.40. The van der Waals surface area contributed by atoms with E-state index in [0.717, 1.165) is 11.1 Å². The van der Waals surface area contributed by atoms with E-state index < -0.39 is 23.8 Å². The first-order valence-corrected chi connectivity index (χ1v) is 11.6. The Balaban J connectivity index is 1.68. The SMILES string of the molecule is CC(=O)c1ccc(OCC(=O)N(Cc2ccccc2)c2c(N)n(Cc3ccccc3)c(=O)[nH]c2=O)cc1. The number of nitrogens with two attached hydrogens (primary N) is 1. The van der Waals surface area contributed by atoms with Gasteiger partial charge < -0.3 is 10.5 Å². The second kappa shape index (κ2) is 11.2. The van der Waals surface area contributed by atoms with E-state index in [-0.39, 0.29) is 30.4 Å². The molecule has 0 aliphatic carbocycles. The maximum absolute atomic E-state index is 13.4. The number of anilines is 2. The first kappa shape index (κ1) is 25.2. The van der Waals surface area contributed by atoms with Crippen molar-refractivity contribution in [1.29, 1.82) is 0 Å². The summed E-state index contributed by atoms with van der Waals surface area (Å²) in [5.41, 5.74) is 6.83. The van der Waals surface area contributed by atoms with Gasteiger partial charge in [-0.3, -0.25) is 28.8 Å². The van der Waals surface area contributed by atoms with Crippen molar-refractivity contribution < 1.29 is 14.3 Å². The fourth-order valence-electron chi connectivity index (χ4n) is 3.83. The van der Waals surface area contributed by atoms with Gasteiger partial charge in [0.15, 0.2) is 18.1 Å². The average molecular weight is 499 g/mol. The maximum atomic E-state index is 13.4. The van der Waals surface area contributed by atoms with Crippen molar-refractivity contribution in [3.8, 4) is 5.75 Å². The first-order chi connectivity index (χ1) is 17.8. The third-order valence-corrected chi connectivity index (χ3v) is 5.78. The number of nitrogens with one attached hydrogen (secondary N) is 1. The number of ketones is 1. The third kappa shape index (κ3) is 6.02. The molecule has 0 saturated carbocycles. The van der Waals surface area contributed by atoms with Crippen molar-refractivity contribution in [3.05, 3.63) is 122 Å². The number of carbonyl (C=O) groups is 2. The summed E-state index contributed by atoms with van der Waals surface area (Å²) in [6.45, 7) is 1.20. The lowest BCUT2D eigenvalue weighted by Gasteiger charge is -2.25. The van der Waals surface area contributed by atoms with Gasteiger partial charge in [-0.2, -0.15) is 0 Å². The fourth-order valence-corrected chi connectivity index (χ4v) is 3.83. The lowest BCUT2D eigenvalue weighted by Crippen LogP contribution is -2.42. The van der Waals surface area contributed by atoms with Crippen molar-refractivity contribution >= 4 is 23.2 Å². The van der Waals surface area contributed by atoms with Crippen molar-refractivity contribution in [2.45, 2.75) is 20.0 Å². The van der Waals surface area contributed by atoms with Crippen LogP contribution in [0.5, 0.6) is 5.75 Å². The first-order valence-electron chi connectivity index (χ1n) is 11.6. The molecule has 9 nitrogen and oxygen atoms in total. The Morgan fingerprint density at radius 1 is 0.892 bits per heavy atom. The largest absolute Gasteiger partial charge is 0.484 e. The van der Waals surface area contributed by atoms with E-state index >= 15 is 0 Å². The summed E-state index contributed by atoms with van der Waals surface area (Å²) in [6, 6.07) is 24.6. The van der Waals surface area contributed by atoms with Crippen LogP contribution in [-0.4, -0.2) is 27.8 Å². The number of hydrogen-bond acceptors (Lipinski definition) is 6. The van der Waals surface area contributed by atoms with E-state index in [9.17, 15) is 19.2 Å². The molecule has 0 aliphatic rings. The Kier molecular flexibility index (Phi) is 7.63. The molecule has 3 N–H and O–H groups in total. The molecule has 37 heavy (non-hydrogen) atoms. The van der Waals surface area contributed by atoms with E-state index in [4.69, 9.17) is 10.5 Å². The van der Waals surface area contributed by atoms with Crippen LogP contribution in [0, 0.1) is 0 Å². The molecule has 4 aromatic rings. The van der Waals surface area contributed by atoms with Gasteiger partial charge in [0.2, 0.25) is 0 Å². The van der Waals surface area contributed by atoms with Gasteiger partial charge in [0.05, 0.1) is 13.1 Å². The van der Waals surface area contributed by atoms with Gasteiger partial charge in [0.25, 0.3) is 11.5 Å². The normalized spacial score (nSPS) is 10.6. The Bertz CT molecular complexity index is 1510. The zero-order valence-electron chi connectivity index (χ0n) is 20.2. The summed E-state index contributed by atoms with van der Waals surface area (Å²) in [6.07, 6.45) is 0. The molecule has 188 valence electrons.